The summed E-state index contributed by atoms with van der Waals surface area (Å²) in [5.41, 5.74) is 5.08. The van der Waals surface area contributed by atoms with Crippen LogP contribution >= 0.6 is 0 Å². The third-order valence-electron chi connectivity index (χ3n) is 14.5. The van der Waals surface area contributed by atoms with Gasteiger partial charge in [-0.2, -0.15) is 0 Å². The molecule has 16 nitrogen and oxygen atoms in total. The molecule has 1 saturated carbocycles. The number of likely N-dealkylation sites (tertiary alicyclic amines) is 2. The van der Waals surface area contributed by atoms with Gasteiger partial charge in [0.1, 0.15) is 29.5 Å². The molecule has 4 N–H and O–H groups in total. The lowest BCUT2D eigenvalue weighted by molar-refractivity contribution is -0.136. The Morgan fingerprint density at radius 2 is 1.35 bits per heavy atom. The first-order chi connectivity index (χ1) is 31.2. The van der Waals surface area contributed by atoms with Crippen molar-refractivity contribution in [2.75, 3.05) is 27.3 Å². The van der Waals surface area contributed by atoms with Crippen LogP contribution in [0, 0.1) is 17.3 Å². The molecule has 16 heteroatoms. The van der Waals surface area contributed by atoms with E-state index in [1.54, 1.807) is 0 Å². The first-order valence-electron chi connectivity index (χ1n) is 23.4. The zero-order valence-corrected chi connectivity index (χ0v) is 38.6. The minimum Gasteiger partial charge on any atom is -0.467 e. The van der Waals surface area contributed by atoms with Crippen LogP contribution in [-0.2, 0) is 19.1 Å². The largest absolute Gasteiger partial charge is 0.467 e. The Bertz CT molecular complexity index is 2430. The number of amides is 4. The van der Waals surface area contributed by atoms with Gasteiger partial charge in [0, 0.05) is 48.2 Å². The number of hydrogen-bond donors (Lipinski definition) is 4. The minimum atomic E-state index is -0.705. The van der Waals surface area contributed by atoms with Crippen LogP contribution < -0.4 is 15.4 Å². The topological polar surface area (TPSA) is 187 Å². The van der Waals surface area contributed by atoms with Gasteiger partial charge in [-0.05, 0) is 74.1 Å². The fraction of sp³-hybridized carbons (Fsp3) is 0.551. The predicted octanol–water partition coefficient (Wildman–Crippen LogP) is 7.63. The summed E-state index contributed by atoms with van der Waals surface area (Å²) in [4.78, 5) is 74.9. The summed E-state index contributed by atoms with van der Waals surface area (Å²) < 4.78 is 16.9. The van der Waals surface area contributed by atoms with Gasteiger partial charge >= 0.3 is 12.2 Å². The van der Waals surface area contributed by atoms with Crippen molar-refractivity contribution < 1.29 is 33.4 Å². The second kappa shape index (κ2) is 17.4. The number of hydrogen-bond acceptors (Lipinski definition) is 10. The molecule has 6 aliphatic rings. The van der Waals surface area contributed by atoms with Crippen molar-refractivity contribution in [1.82, 2.24) is 45.3 Å². The number of carbonyl (C=O) groups is 4. The molecule has 346 valence electrons. The molecule has 6 heterocycles. The van der Waals surface area contributed by atoms with Crippen LogP contribution in [0.5, 0.6) is 5.75 Å². The Hall–Kier alpha value is -6.06. The zero-order chi connectivity index (χ0) is 45.8. The number of benzene rings is 1. The molecule has 4 amide bonds. The number of alkyl carbamates (subject to hydrolysis) is 2. The number of aromatic nitrogens is 4. The summed E-state index contributed by atoms with van der Waals surface area (Å²) >= 11 is 0. The molecule has 0 radical (unpaired) electrons. The fourth-order valence-corrected chi connectivity index (χ4v) is 11.1. The summed E-state index contributed by atoms with van der Waals surface area (Å²) in [6.45, 7) is 11.1. The fourth-order valence-electron chi connectivity index (χ4n) is 11.1. The number of ether oxygens (including phenoxy) is 3. The molecule has 1 spiro atoms. The Kier molecular flexibility index (Phi) is 11.8. The lowest BCUT2D eigenvalue weighted by Gasteiger charge is -2.53. The molecular formula is C49H63N9O7. The second-order valence-corrected chi connectivity index (χ2v) is 19.4. The molecule has 2 aliphatic carbocycles. The Balaban J connectivity index is 0.978. The van der Waals surface area contributed by atoms with Crippen molar-refractivity contribution in [2.24, 2.45) is 17.3 Å². The molecular weight excluding hydrogens is 827 g/mol. The van der Waals surface area contributed by atoms with Crippen LogP contribution in [0.3, 0.4) is 0 Å². The number of methoxy groups -OCH3 is 2. The normalized spacial score (nSPS) is 25.1. The third-order valence-corrected chi connectivity index (χ3v) is 14.5. The number of imidazole rings is 2. The monoisotopic (exact) mass is 889 g/mol. The average Bonchev–Trinajstić information content (AvgIpc) is 4.15. The van der Waals surface area contributed by atoms with Crippen LogP contribution in [0.25, 0.3) is 22.5 Å². The molecule has 2 saturated heterocycles. The number of allylic oxidation sites excluding steroid dienone is 2. The van der Waals surface area contributed by atoms with E-state index in [9.17, 15) is 19.2 Å². The molecule has 9 rings (SSSR count). The van der Waals surface area contributed by atoms with Crippen molar-refractivity contribution in [3.63, 3.8) is 0 Å². The van der Waals surface area contributed by atoms with Gasteiger partial charge in [0.05, 0.1) is 56.1 Å². The number of carbonyl (C=O) groups excluding carboxylic acids is 4. The van der Waals surface area contributed by atoms with Crippen LogP contribution in [0.15, 0.2) is 54.9 Å². The molecule has 0 bridgehead atoms. The number of nitrogens with zero attached hydrogens (tertiary/aromatic N) is 5. The van der Waals surface area contributed by atoms with Crippen LogP contribution in [0.1, 0.15) is 127 Å². The maximum atomic E-state index is 13.8. The first kappa shape index (κ1) is 44.2. The highest BCUT2D eigenvalue weighted by Crippen LogP contribution is 2.57. The summed E-state index contributed by atoms with van der Waals surface area (Å²) in [5, 5.41) is 5.47. The first-order valence-corrected chi connectivity index (χ1v) is 23.4. The van der Waals surface area contributed by atoms with Crippen molar-refractivity contribution in [3.8, 4) is 17.0 Å². The van der Waals surface area contributed by atoms with E-state index in [1.807, 2.05) is 49.9 Å². The standard InChI is InChI=1S/C49H63N9O7/c1-28(2)40(54-46(61)63-6)44(59)56-21-11-13-35(56)42-50-26-33(52-42)30-15-17-32-37-25-48(5)24-31(16-18-39(48)58(37)49(65-38(32)23-30)19-9-8-10-20-49)34-27-51-43(53-34)36-14-12-22-57(36)45(60)41(29(3)4)55-47(62)64-7/h15-18,23-29,35-36,39-41H,8-14,19-22H2,1-7H3,(H,50,52)(H,51,53)(H,54,61)(H,55,62)/t35-,36-,39?,40-,41-,48?/m0/s1. The number of rotatable bonds is 10. The van der Waals surface area contributed by atoms with Gasteiger partial charge in [-0.3, -0.25) is 9.59 Å². The molecule has 2 unspecified atom stereocenters. The summed E-state index contributed by atoms with van der Waals surface area (Å²) in [6.07, 6.45) is 20.1. The zero-order valence-electron chi connectivity index (χ0n) is 38.6. The van der Waals surface area contributed by atoms with Gasteiger partial charge in [0.2, 0.25) is 11.8 Å². The Labute approximate surface area is 380 Å². The van der Waals surface area contributed by atoms with Crippen molar-refractivity contribution in [3.05, 3.63) is 77.8 Å². The van der Waals surface area contributed by atoms with Gasteiger partial charge in [-0.1, -0.05) is 65.3 Å². The quantitative estimate of drug-likeness (QED) is 0.158. The van der Waals surface area contributed by atoms with Gasteiger partial charge in [0.15, 0.2) is 5.72 Å². The predicted molar refractivity (Wildman–Crippen MR) is 244 cm³/mol. The second-order valence-electron chi connectivity index (χ2n) is 19.4. The molecule has 6 atom stereocenters. The van der Waals surface area contributed by atoms with Crippen molar-refractivity contribution in [2.45, 2.75) is 128 Å². The van der Waals surface area contributed by atoms with E-state index in [0.717, 1.165) is 96.9 Å². The highest BCUT2D eigenvalue weighted by atomic mass is 16.5. The van der Waals surface area contributed by atoms with Crippen LogP contribution in [-0.4, -0.2) is 110 Å². The van der Waals surface area contributed by atoms with E-state index in [2.05, 4.69) is 74.9 Å². The van der Waals surface area contributed by atoms with E-state index in [-0.39, 0.29) is 47.2 Å². The average molecular weight is 890 g/mol. The molecule has 1 aromatic carbocycles. The summed E-state index contributed by atoms with van der Waals surface area (Å²) in [6, 6.07) is 4.57. The van der Waals surface area contributed by atoms with E-state index in [4.69, 9.17) is 24.2 Å². The summed E-state index contributed by atoms with van der Waals surface area (Å²) in [7, 11) is 2.60. The van der Waals surface area contributed by atoms with E-state index >= 15 is 0 Å². The maximum absolute atomic E-state index is 13.8. The van der Waals surface area contributed by atoms with Crippen molar-refractivity contribution in [1.29, 1.82) is 0 Å². The van der Waals surface area contributed by atoms with Gasteiger partial charge in [-0.25, -0.2) is 19.6 Å². The summed E-state index contributed by atoms with van der Waals surface area (Å²) in [5.74, 6) is 1.79. The van der Waals surface area contributed by atoms with Crippen LogP contribution in [0.4, 0.5) is 9.59 Å². The highest BCUT2D eigenvalue weighted by Gasteiger charge is 2.55. The number of H-pyrrole nitrogens is 2. The Morgan fingerprint density at radius 1 is 0.785 bits per heavy atom. The van der Waals surface area contributed by atoms with E-state index < -0.39 is 30.0 Å². The van der Waals surface area contributed by atoms with E-state index in [0.29, 0.717) is 13.1 Å². The Morgan fingerprint density at radius 3 is 1.92 bits per heavy atom. The van der Waals surface area contributed by atoms with Gasteiger partial charge < -0.3 is 49.5 Å². The van der Waals surface area contributed by atoms with Gasteiger partial charge in [0.25, 0.3) is 0 Å². The van der Waals surface area contributed by atoms with Crippen molar-refractivity contribution >= 4 is 35.3 Å². The lowest BCUT2D eigenvalue weighted by atomic mass is 9.77. The highest BCUT2D eigenvalue weighted by molar-refractivity contribution is 5.87. The molecule has 3 aromatic rings. The molecule has 3 fully saturated rings. The SMILES string of the molecule is COC(=O)N[C@H](C(=O)N1CCC[C@H]1c1ncc(C2=CC3(C)C=C4c5ccc(-c6cnc([C@@H]7CCCN7C(=O)[C@@H](NC(=O)OC)C(C)C)[nH]6)cc5OC5(CCCCC5)N4C3C=C2)[nH]1)C(C)C. The number of aromatic amines is 2. The minimum absolute atomic E-state index is 0.0399. The lowest BCUT2D eigenvalue weighted by Crippen LogP contribution is -2.59. The number of nitrogens with one attached hydrogen (secondary N) is 4. The third kappa shape index (κ3) is 7.96. The maximum Gasteiger partial charge on any atom is 0.407 e. The molecule has 2 aromatic heterocycles. The molecule has 4 aliphatic heterocycles. The number of fused-ring (bicyclic) bond motifs is 6. The van der Waals surface area contributed by atoms with Gasteiger partial charge in [-0.15, -0.1) is 0 Å². The van der Waals surface area contributed by atoms with Crippen LogP contribution in [0.2, 0.25) is 0 Å². The van der Waals surface area contributed by atoms with E-state index in [1.165, 1.54) is 26.3 Å². The smallest absolute Gasteiger partial charge is 0.407 e. The molecule has 65 heavy (non-hydrogen) atoms.